The third-order valence-corrected chi connectivity index (χ3v) is 3.35. The Kier molecular flexibility index (Phi) is 4.07. The number of hydrogen-bond donors (Lipinski definition) is 2. The highest BCUT2D eigenvalue weighted by atomic mass is 16.2. The zero-order valence-corrected chi connectivity index (χ0v) is 10.4. The Morgan fingerprint density at radius 1 is 1.47 bits per heavy atom. The van der Waals surface area contributed by atoms with E-state index in [9.17, 15) is 4.79 Å². The molecule has 2 N–H and O–H groups in total. The molecule has 1 aromatic heterocycles. The summed E-state index contributed by atoms with van der Waals surface area (Å²) in [5.41, 5.74) is 1.06. The molecule has 1 aromatic rings. The Balaban J connectivity index is 1.78. The van der Waals surface area contributed by atoms with Gasteiger partial charge in [0.05, 0.1) is 6.54 Å². The number of H-pyrrole nitrogens is 1. The molecule has 4 nitrogen and oxygen atoms in total. The van der Waals surface area contributed by atoms with Crippen LogP contribution < -0.4 is 5.32 Å². The maximum Gasteiger partial charge on any atom is 0.317 e. The lowest BCUT2D eigenvalue weighted by Crippen LogP contribution is -2.43. The Morgan fingerprint density at radius 2 is 2.24 bits per heavy atom. The standard InChI is InChI=1S/C13H21N3O/c1-16(10-12-8-5-9-14-12)13(17)15-11-6-3-2-4-7-11/h5,8-9,11,14H,2-4,6-7,10H2,1H3,(H,15,17). The van der Waals surface area contributed by atoms with Crippen LogP contribution in [0.5, 0.6) is 0 Å². The minimum atomic E-state index is 0.0338. The number of nitrogens with one attached hydrogen (secondary N) is 2. The molecular formula is C13H21N3O. The lowest BCUT2D eigenvalue weighted by Gasteiger charge is -2.26. The van der Waals surface area contributed by atoms with Gasteiger partial charge in [0, 0.05) is 25.0 Å². The van der Waals surface area contributed by atoms with Crippen LogP contribution in [0.2, 0.25) is 0 Å². The van der Waals surface area contributed by atoms with E-state index in [1.807, 2.05) is 25.4 Å². The summed E-state index contributed by atoms with van der Waals surface area (Å²) in [7, 11) is 1.83. The number of aromatic nitrogens is 1. The molecule has 1 saturated carbocycles. The predicted octanol–water partition coefficient (Wildman–Crippen LogP) is 2.49. The first-order valence-electron chi connectivity index (χ1n) is 6.39. The first kappa shape index (κ1) is 12.0. The van der Waals surface area contributed by atoms with Gasteiger partial charge < -0.3 is 15.2 Å². The number of nitrogens with zero attached hydrogens (tertiary/aromatic N) is 1. The Bertz CT molecular complexity index is 342. The number of urea groups is 1. The molecule has 94 valence electrons. The molecule has 0 atom stereocenters. The number of amides is 2. The number of carbonyl (C=O) groups is 1. The minimum Gasteiger partial charge on any atom is -0.364 e. The molecule has 2 rings (SSSR count). The van der Waals surface area contributed by atoms with Crippen molar-refractivity contribution in [2.45, 2.75) is 44.7 Å². The summed E-state index contributed by atoms with van der Waals surface area (Å²) in [6.45, 7) is 0.631. The summed E-state index contributed by atoms with van der Waals surface area (Å²) in [6, 6.07) is 4.35. The van der Waals surface area contributed by atoms with Gasteiger partial charge in [0.15, 0.2) is 0 Å². The molecule has 4 heteroatoms. The van der Waals surface area contributed by atoms with Gasteiger partial charge in [-0.2, -0.15) is 0 Å². The van der Waals surface area contributed by atoms with Crippen LogP contribution in [0.1, 0.15) is 37.8 Å². The molecule has 0 radical (unpaired) electrons. The van der Waals surface area contributed by atoms with E-state index in [0.29, 0.717) is 12.6 Å². The van der Waals surface area contributed by atoms with E-state index in [1.165, 1.54) is 19.3 Å². The molecule has 17 heavy (non-hydrogen) atoms. The highest BCUT2D eigenvalue weighted by Gasteiger charge is 2.17. The highest BCUT2D eigenvalue weighted by Crippen LogP contribution is 2.17. The molecule has 0 spiro atoms. The quantitative estimate of drug-likeness (QED) is 0.830. The number of rotatable bonds is 3. The Morgan fingerprint density at radius 3 is 2.88 bits per heavy atom. The van der Waals surface area contributed by atoms with Crippen LogP contribution in [0.4, 0.5) is 4.79 Å². The van der Waals surface area contributed by atoms with Gasteiger partial charge in [-0.1, -0.05) is 19.3 Å². The van der Waals surface area contributed by atoms with Gasteiger partial charge in [0.2, 0.25) is 0 Å². The summed E-state index contributed by atoms with van der Waals surface area (Å²) in [5, 5.41) is 3.10. The Hall–Kier alpha value is -1.45. The van der Waals surface area contributed by atoms with Crippen molar-refractivity contribution in [3.05, 3.63) is 24.0 Å². The monoisotopic (exact) mass is 235 g/mol. The fourth-order valence-corrected chi connectivity index (χ4v) is 2.32. The van der Waals surface area contributed by atoms with Crippen LogP contribution >= 0.6 is 0 Å². The van der Waals surface area contributed by atoms with Gasteiger partial charge in [-0.3, -0.25) is 0 Å². The van der Waals surface area contributed by atoms with Crippen LogP contribution in [0.3, 0.4) is 0 Å². The molecule has 0 bridgehead atoms. The molecule has 1 aliphatic rings. The molecular weight excluding hydrogens is 214 g/mol. The molecule has 2 amide bonds. The van der Waals surface area contributed by atoms with Crippen molar-refractivity contribution < 1.29 is 4.79 Å². The maximum atomic E-state index is 11.9. The number of carbonyl (C=O) groups excluding carboxylic acids is 1. The molecule has 0 aliphatic heterocycles. The third-order valence-electron chi connectivity index (χ3n) is 3.35. The van der Waals surface area contributed by atoms with E-state index in [-0.39, 0.29) is 6.03 Å². The van der Waals surface area contributed by atoms with Crippen LogP contribution in [0.25, 0.3) is 0 Å². The van der Waals surface area contributed by atoms with Gasteiger partial charge in [0.1, 0.15) is 0 Å². The first-order chi connectivity index (χ1) is 8.25. The Labute approximate surface area is 102 Å². The SMILES string of the molecule is CN(Cc1ccc[nH]1)C(=O)NC1CCCCC1. The molecule has 1 aliphatic carbocycles. The summed E-state index contributed by atoms with van der Waals surface area (Å²) in [4.78, 5) is 16.8. The van der Waals surface area contributed by atoms with E-state index < -0.39 is 0 Å². The second-order valence-electron chi connectivity index (χ2n) is 4.84. The normalized spacial score (nSPS) is 16.8. The lowest BCUT2D eigenvalue weighted by molar-refractivity contribution is 0.198. The third kappa shape index (κ3) is 3.51. The van der Waals surface area contributed by atoms with Crippen molar-refractivity contribution in [2.75, 3.05) is 7.05 Å². The zero-order chi connectivity index (χ0) is 12.1. The smallest absolute Gasteiger partial charge is 0.317 e. The maximum absolute atomic E-state index is 11.9. The van der Waals surface area contributed by atoms with Gasteiger partial charge in [0.25, 0.3) is 0 Å². The van der Waals surface area contributed by atoms with E-state index in [4.69, 9.17) is 0 Å². The number of aromatic amines is 1. The molecule has 0 aromatic carbocycles. The first-order valence-corrected chi connectivity index (χ1v) is 6.39. The second kappa shape index (κ2) is 5.75. The van der Waals surface area contributed by atoms with Crippen LogP contribution in [-0.2, 0) is 6.54 Å². The predicted molar refractivity (Wildman–Crippen MR) is 67.7 cm³/mol. The van der Waals surface area contributed by atoms with Gasteiger partial charge >= 0.3 is 6.03 Å². The van der Waals surface area contributed by atoms with Gasteiger partial charge in [-0.15, -0.1) is 0 Å². The van der Waals surface area contributed by atoms with Crippen LogP contribution in [0.15, 0.2) is 18.3 Å². The number of hydrogen-bond acceptors (Lipinski definition) is 1. The molecule has 1 fully saturated rings. The van der Waals surface area contributed by atoms with E-state index in [0.717, 1.165) is 18.5 Å². The summed E-state index contributed by atoms with van der Waals surface area (Å²) in [5.74, 6) is 0. The fourth-order valence-electron chi connectivity index (χ4n) is 2.32. The summed E-state index contributed by atoms with van der Waals surface area (Å²) in [6.07, 6.45) is 7.92. The van der Waals surface area contributed by atoms with Crippen LogP contribution in [-0.4, -0.2) is 29.0 Å². The average molecular weight is 235 g/mol. The van der Waals surface area contributed by atoms with Crippen molar-refractivity contribution >= 4 is 6.03 Å². The molecule has 1 heterocycles. The van der Waals surface area contributed by atoms with E-state index >= 15 is 0 Å². The summed E-state index contributed by atoms with van der Waals surface area (Å²) >= 11 is 0. The van der Waals surface area contributed by atoms with E-state index in [1.54, 1.807) is 4.90 Å². The van der Waals surface area contributed by atoms with Gasteiger partial charge in [-0.25, -0.2) is 4.79 Å². The highest BCUT2D eigenvalue weighted by molar-refractivity contribution is 5.74. The van der Waals surface area contributed by atoms with Crippen molar-refractivity contribution in [3.8, 4) is 0 Å². The lowest BCUT2D eigenvalue weighted by atomic mass is 9.96. The topological polar surface area (TPSA) is 48.1 Å². The van der Waals surface area contributed by atoms with Crippen molar-refractivity contribution in [1.29, 1.82) is 0 Å². The van der Waals surface area contributed by atoms with Crippen molar-refractivity contribution in [1.82, 2.24) is 15.2 Å². The largest absolute Gasteiger partial charge is 0.364 e. The van der Waals surface area contributed by atoms with Crippen molar-refractivity contribution in [3.63, 3.8) is 0 Å². The van der Waals surface area contributed by atoms with E-state index in [2.05, 4.69) is 10.3 Å². The fraction of sp³-hybridized carbons (Fsp3) is 0.615. The minimum absolute atomic E-state index is 0.0338. The second-order valence-corrected chi connectivity index (χ2v) is 4.84. The van der Waals surface area contributed by atoms with Gasteiger partial charge in [-0.05, 0) is 25.0 Å². The van der Waals surface area contributed by atoms with Crippen LogP contribution in [0, 0.1) is 0 Å². The average Bonchev–Trinajstić information content (AvgIpc) is 2.83. The molecule has 0 unspecified atom stereocenters. The van der Waals surface area contributed by atoms with Crippen molar-refractivity contribution in [2.24, 2.45) is 0 Å². The zero-order valence-electron chi connectivity index (χ0n) is 10.4. The summed E-state index contributed by atoms with van der Waals surface area (Å²) < 4.78 is 0. The molecule has 0 saturated heterocycles.